The molecule has 13 heavy (non-hydrogen) atoms. The summed E-state index contributed by atoms with van der Waals surface area (Å²) in [6.45, 7) is 2.37. The van der Waals surface area contributed by atoms with E-state index < -0.39 is 5.82 Å². The third-order valence-electron chi connectivity index (χ3n) is 1.42. The molecule has 0 aromatic heterocycles. The molecule has 2 nitrogen and oxygen atoms in total. The Labute approximate surface area is 77.8 Å². The number of carbonyl (C=O) groups excluding carboxylic acids is 1. The van der Waals surface area contributed by atoms with E-state index in [-0.39, 0.29) is 13.3 Å². The average Bonchev–Trinajstić information content (AvgIpc) is 2.05. The summed E-state index contributed by atoms with van der Waals surface area (Å²) in [5.74, 6) is -0.629. The van der Waals surface area contributed by atoms with Crippen molar-refractivity contribution in [3.8, 4) is 0 Å². The van der Waals surface area contributed by atoms with Crippen LogP contribution in [0.1, 0.15) is 24.7 Å². The van der Waals surface area contributed by atoms with E-state index in [1.54, 1.807) is 6.07 Å². The number of rotatable bonds is 2. The highest BCUT2D eigenvalue weighted by molar-refractivity contribution is 5.94. The Morgan fingerprint density at radius 1 is 1.54 bits per heavy atom. The Kier molecular flexibility index (Phi) is 4.74. The number of halogens is 1. The van der Waals surface area contributed by atoms with Crippen molar-refractivity contribution in [2.24, 2.45) is 0 Å². The topological polar surface area (TPSA) is 29.1 Å². The second-order valence-corrected chi connectivity index (χ2v) is 2.37. The summed E-state index contributed by atoms with van der Waals surface area (Å²) in [4.78, 5) is 11.1. The lowest BCUT2D eigenvalue weighted by atomic mass is 10.2. The van der Waals surface area contributed by atoms with E-state index in [0.29, 0.717) is 12.1 Å². The quantitative estimate of drug-likeness (QED) is 0.748. The maximum atomic E-state index is 12.6. The van der Waals surface area contributed by atoms with Crippen LogP contribution in [-0.4, -0.2) is 12.5 Å². The molecule has 0 spiro atoms. The van der Waals surface area contributed by atoms with Crippen molar-refractivity contribution in [2.45, 2.75) is 14.4 Å². The predicted molar refractivity (Wildman–Crippen MR) is 51.1 cm³/mol. The minimum Gasteiger partial charge on any atom is -0.352 e. The van der Waals surface area contributed by atoms with E-state index in [2.05, 4.69) is 5.32 Å². The van der Waals surface area contributed by atoms with Crippen molar-refractivity contribution in [1.29, 1.82) is 0 Å². The van der Waals surface area contributed by atoms with Gasteiger partial charge in [-0.1, -0.05) is 13.5 Å². The van der Waals surface area contributed by atoms with Crippen LogP contribution in [0.5, 0.6) is 0 Å². The highest BCUT2D eigenvalue weighted by Crippen LogP contribution is 2.02. The molecule has 0 atom stereocenters. The molecule has 1 rings (SSSR count). The van der Waals surface area contributed by atoms with E-state index >= 15 is 0 Å². The second-order valence-electron chi connectivity index (χ2n) is 2.37. The zero-order valence-electron chi connectivity index (χ0n) is 6.80. The van der Waals surface area contributed by atoms with Gasteiger partial charge in [0.05, 0.1) is 0 Å². The monoisotopic (exact) mass is 183 g/mol. The first-order valence-corrected chi connectivity index (χ1v) is 3.78. The molecule has 0 bridgehead atoms. The lowest BCUT2D eigenvalue weighted by molar-refractivity contribution is 0.0955. The van der Waals surface area contributed by atoms with Crippen molar-refractivity contribution >= 4 is 5.91 Å². The molecule has 1 N–H and O–H groups in total. The summed E-state index contributed by atoms with van der Waals surface area (Å²) in [7, 11) is 0. The molecule has 1 aromatic rings. The lowest BCUT2D eigenvalue weighted by Gasteiger charge is -2.00. The fourth-order valence-corrected chi connectivity index (χ4v) is 0.892. The van der Waals surface area contributed by atoms with E-state index in [9.17, 15) is 9.18 Å². The SMILES string of the molecule is C.CCNC(=O)c1cccc(F)c1. The molecule has 0 aliphatic heterocycles. The molecule has 72 valence electrons. The van der Waals surface area contributed by atoms with Gasteiger partial charge in [0.15, 0.2) is 0 Å². The lowest BCUT2D eigenvalue weighted by Crippen LogP contribution is -2.22. The molecule has 0 radical (unpaired) electrons. The van der Waals surface area contributed by atoms with E-state index in [4.69, 9.17) is 0 Å². The normalized spacial score (nSPS) is 8.77. The second kappa shape index (κ2) is 5.30. The minimum absolute atomic E-state index is 0. The van der Waals surface area contributed by atoms with Crippen LogP contribution < -0.4 is 5.32 Å². The first-order chi connectivity index (χ1) is 5.74. The van der Waals surface area contributed by atoms with Crippen LogP contribution in [0.2, 0.25) is 0 Å². The van der Waals surface area contributed by atoms with Gasteiger partial charge in [0, 0.05) is 12.1 Å². The minimum atomic E-state index is -0.390. The summed E-state index contributed by atoms with van der Waals surface area (Å²) >= 11 is 0. The van der Waals surface area contributed by atoms with Gasteiger partial charge in [-0.05, 0) is 25.1 Å². The molecule has 3 heteroatoms. The Balaban J connectivity index is 0.00000144. The molecule has 0 aliphatic rings. The van der Waals surface area contributed by atoms with Gasteiger partial charge in [-0.3, -0.25) is 4.79 Å². The van der Waals surface area contributed by atoms with Gasteiger partial charge in [0.2, 0.25) is 0 Å². The number of carbonyl (C=O) groups is 1. The molecule has 0 unspecified atom stereocenters. The third kappa shape index (κ3) is 3.23. The predicted octanol–water partition coefficient (Wildman–Crippen LogP) is 2.21. The van der Waals surface area contributed by atoms with Crippen molar-refractivity contribution in [1.82, 2.24) is 5.32 Å². The number of benzene rings is 1. The number of amides is 1. The molecule has 0 fully saturated rings. The van der Waals surface area contributed by atoms with Gasteiger partial charge in [-0.25, -0.2) is 4.39 Å². The Hall–Kier alpha value is -1.38. The molecule has 0 saturated heterocycles. The van der Waals surface area contributed by atoms with Crippen molar-refractivity contribution < 1.29 is 9.18 Å². The highest BCUT2D eigenvalue weighted by atomic mass is 19.1. The fraction of sp³-hybridized carbons (Fsp3) is 0.300. The molecule has 0 aliphatic carbocycles. The number of hydrogen-bond donors (Lipinski definition) is 1. The van der Waals surface area contributed by atoms with E-state index in [1.165, 1.54) is 18.2 Å². The summed E-state index contributed by atoms with van der Waals surface area (Å²) in [5, 5.41) is 2.58. The van der Waals surface area contributed by atoms with Crippen LogP contribution in [0.25, 0.3) is 0 Å². The standard InChI is InChI=1S/C9H10FNO.CH4/c1-2-11-9(12)7-4-3-5-8(10)6-7;/h3-6H,2H2,1H3,(H,11,12);1H4. The highest BCUT2D eigenvalue weighted by Gasteiger charge is 2.03. The molecular formula is C10H14FNO. The van der Waals surface area contributed by atoms with Crippen LogP contribution >= 0.6 is 0 Å². The van der Waals surface area contributed by atoms with Crippen molar-refractivity contribution in [2.75, 3.05) is 6.54 Å². The van der Waals surface area contributed by atoms with Gasteiger partial charge in [0.25, 0.3) is 5.91 Å². The summed E-state index contributed by atoms with van der Waals surface area (Å²) in [6, 6.07) is 5.61. The van der Waals surface area contributed by atoms with Gasteiger partial charge in [0.1, 0.15) is 5.82 Å². The first kappa shape index (κ1) is 11.6. The van der Waals surface area contributed by atoms with Crippen molar-refractivity contribution in [3.05, 3.63) is 35.6 Å². The van der Waals surface area contributed by atoms with Gasteiger partial charge in [-0.2, -0.15) is 0 Å². The van der Waals surface area contributed by atoms with Gasteiger partial charge >= 0.3 is 0 Å². The van der Waals surface area contributed by atoms with Crippen LogP contribution in [0.4, 0.5) is 4.39 Å². The third-order valence-corrected chi connectivity index (χ3v) is 1.42. The Bertz CT molecular complexity index is 286. The molecule has 0 heterocycles. The van der Waals surface area contributed by atoms with Crippen molar-refractivity contribution in [3.63, 3.8) is 0 Å². The van der Waals surface area contributed by atoms with Crippen LogP contribution in [0.15, 0.2) is 24.3 Å². The molecule has 1 amide bonds. The van der Waals surface area contributed by atoms with E-state index in [0.717, 1.165) is 0 Å². The summed E-state index contributed by atoms with van der Waals surface area (Å²) in [6.07, 6.45) is 0. The largest absolute Gasteiger partial charge is 0.352 e. The van der Waals surface area contributed by atoms with Crippen LogP contribution in [0, 0.1) is 5.82 Å². The smallest absolute Gasteiger partial charge is 0.251 e. The number of hydrogen-bond acceptors (Lipinski definition) is 1. The Morgan fingerprint density at radius 2 is 2.23 bits per heavy atom. The zero-order valence-corrected chi connectivity index (χ0v) is 6.80. The summed E-state index contributed by atoms with van der Waals surface area (Å²) < 4.78 is 12.6. The average molecular weight is 183 g/mol. The maximum Gasteiger partial charge on any atom is 0.251 e. The molecule has 0 saturated carbocycles. The van der Waals surface area contributed by atoms with Crippen LogP contribution in [-0.2, 0) is 0 Å². The fourth-order valence-electron chi connectivity index (χ4n) is 0.892. The first-order valence-electron chi connectivity index (χ1n) is 3.78. The number of nitrogens with one attached hydrogen (secondary N) is 1. The van der Waals surface area contributed by atoms with Gasteiger partial charge in [-0.15, -0.1) is 0 Å². The zero-order chi connectivity index (χ0) is 8.97. The summed E-state index contributed by atoms with van der Waals surface area (Å²) in [5.41, 5.74) is 0.358. The maximum absolute atomic E-state index is 12.6. The van der Waals surface area contributed by atoms with Gasteiger partial charge < -0.3 is 5.32 Å². The van der Waals surface area contributed by atoms with Crippen LogP contribution in [0.3, 0.4) is 0 Å². The molecule has 1 aromatic carbocycles. The Morgan fingerprint density at radius 3 is 2.77 bits per heavy atom. The molecular weight excluding hydrogens is 169 g/mol. The van der Waals surface area contributed by atoms with E-state index in [1.807, 2.05) is 6.92 Å².